The predicted molar refractivity (Wildman–Crippen MR) is 45.5 cm³/mol. The van der Waals surface area contributed by atoms with E-state index in [0.717, 1.165) is 17.9 Å². The van der Waals surface area contributed by atoms with Gasteiger partial charge in [0.05, 0.1) is 5.69 Å². The second kappa shape index (κ2) is 3.24. The van der Waals surface area contributed by atoms with E-state index in [1.54, 1.807) is 0 Å². The zero-order valence-electron chi connectivity index (χ0n) is 6.76. The monoisotopic (exact) mass is 173 g/mol. The first-order valence-corrected chi connectivity index (χ1v) is 3.98. The Bertz CT molecular complexity index is 254. The van der Waals surface area contributed by atoms with Crippen LogP contribution in [0.5, 0.6) is 0 Å². The van der Waals surface area contributed by atoms with E-state index in [1.165, 1.54) is 0 Å². The highest BCUT2D eigenvalue weighted by Gasteiger charge is 2.08. The number of aromatic nitrogens is 2. The Morgan fingerprint density at radius 2 is 2.27 bits per heavy atom. The van der Waals surface area contributed by atoms with Gasteiger partial charge in [-0.3, -0.25) is 0 Å². The molecule has 0 spiro atoms. The van der Waals surface area contributed by atoms with Crippen molar-refractivity contribution in [2.24, 2.45) is 12.8 Å². The summed E-state index contributed by atoms with van der Waals surface area (Å²) in [6.07, 6.45) is 0.885. The third-order valence-corrected chi connectivity index (χ3v) is 2.07. The van der Waals surface area contributed by atoms with Gasteiger partial charge in [-0.1, -0.05) is 18.5 Å². The van der Waals surface area contributed by atoms with Crippen LogP contribution in [0, 0.1) is 0 Å². The Hall–Kier alpha value is -0.540. The lowest BCUT2D eigenvalue weighted by molar-refractivity contribution is 0.758. The second-order valence-electron chi connectivity index (χ2n) is 2.38. The molecule has 2 N–H and O–H groups in total. The van der Waals surface area contributed by atoms with Crippen LogP contribution in [0.25, 0.3) is 0 Å². The molecule has 0 fully saturated rings. The molecule has 0 unspecified atom stereocenters. The molecule has 11 heavy (non-hydrogen) atoms. The Morgan fingerprint density at radius 1 is 1.64 bits per heavy atom. The third kappa shape index (κ3) is 1.39. The molecule has 0 aliphatic heterocycles. The third-order valence-electron chi connectivity index (χ3n) is 1.77. The van der Waals surface area contributed by atoms with E-state index < -0.39 is 0 Å². The Labute approximate surface area is 71.2 Å². The van der Waals surface area contributed by atoms with Gasteiger partial charge in [0, 0.05) is 20.0 Å². The first-order chi connectivity index (χ1) is 5.20. The van der Waals surface area contributed by atoms with Crippen LogP contribution in [-0.4, -0.2) is 9.55 Å². The van der Waals surface area contributed by atoms with Crippen molar-refractivity contribution in [1.29, 1.82) is 0 Å². The zero-order valence-corrected chi connectivity index (χ0v) is 7.52. The molecule has 0 aliphatic rings. The molecule has 3 nitrogen and oxygen atoms in total. The lowest BCUT2D eigenvalue weighted by Gasteiger charge is -2.00. The van der Waals surface area contributed by atoms with Crippen molar-refractivity contribution < 1.29 is 0 Å². The molecular formula is C7H12ClN3. The van der Waals surface area contributed by atoms with E-state index in [0.29, 0.717) is 11.7 Å². The molecule has 0 saturated heterocycles. The summed E-state index contributed by atoms with van der Waals surface area (Å²) in [5.41, 5.74) is 6.38. The number of nitrogens with zero attached hydrogens (tertiary/aromatic N) is 2. The summed E-state index contributed by atoms with van der Waals surface area (Å²) in [5, 5.41) is 0.534. The Morgan fingerprint density at radius 3 is 2.55 bits per heavy atom. The van der Waals surface area contributed by atoms with E-state index in [4.69, 9.17) is 17.3 Å². The van der Waals surface area contributed by atoms with Gasteiger partial charge in [0.1, 0.15) is 5.82 Å². The molecule has 0 saturated carbocycles. The summed E-state index contributed by atoms with van der Waals surface area (Å²) in [7, 11) is 1.93. The van der Waals surface area contributed by atoms with E-state index in [2.05, 4.69) is 4.98 Å². The van der Waals surface area contributed by atoms with Crippen LogP contribution in [0.4, 0.5) is 0 Å². The molecule has 1 heterocycles. The number of halogens is 1. The van der Waals surface area contributed by atoms with Crippen molar-refractivity contribution >= 4 is 11.6 Å². The maximum Gasteiger partial charge on any atom is 0.151 e. The van der Waals surface area contributed by atoms with Crippen molar-refractivity contribution in [1.82, 2.24) is 9.55 Å². The van der Waals surface area contributed by atoms with Gasteiger partial charge in [-0.25, -0.2) is 4.98 Å². The van der Waals surface area contributed by atoms with E-state index >= 15 is 0 Å². The van der Waals surface area contributed by atoms with Crippen LogP contribution in [-0.2, 0) is 20.0 Å². The molecule has 1 aromatic heterocycles. The topological polar surface area (TPSA) is 43.8 Å². The van der Waals surface area contributed by atoms with Gasteiger partial charge in [0.2, 0.25) is 0 Å². The van der Waals surface area contributed by atoms with Crippen LogP contribution in [0.15, 0.2) is 0 Å². The molecule has 62 valence electrons. The van der Waals surface area contributed by atoms with Gasteiger partial charge in [0.15, 0.2) is 5.15 Å². The first-order valence-electron chi connectivity index (χ1n) is 3.60. The van der Waals surface area contributed by atoms with Crippen LogP contribution in [0.2, 0.25) is 5.15 Å². The number of imidazole rings is 1. The number of hydrogen-bond donors (Lipinski definition) is 1. The Kier molecular flexibility index (Phi) is 2.52. The molecule has 0 aliphatic carbocycles. The van der Waals surface area contributed by atoms with E-state index in [1.807, 2.05) is 18.5 Å². The highest BCUT2D eigenvalue weighted by molar-refractivity contribution is 6.30. The molecular weight excluding hydrogens is 162 g/mol. The smallest absolute Gasteiger partial charge is 0.151 e. The molecule has 0 aromatic carbocycles. The zero-order chi connectivity index (χ0) is 8.43. The van der Waals surface area contributed by atoms with Crippen LogP contribution < -0.4 is 5.73 Å². The highest BCUT2D eigenvalue weighted by atomic mass is 35.5. The van der Waals surface area contributed by atoms with Gasteiger partial charge >= 0.3 is 0 Å². The summed E-state index contributed by atoms with van der Waals surface area (Å²) in [6.45, 7) is 2.49. The molecule has 0 atom stereocenters. The van der Waals surface area contributed by atoms with Gasteiger partial charge in [0.25, 0.3) is 0 Å². The maximum absolute atomic E-state index is 5.82. The van der Waals surface area contributed by atoms with Gasteiger partial charge in [-0.15, -0.1) is 0 Å². The maximum atomic E-state index is 5.82. The summed E-state index contributed by atoms with van der Waals surface area (Å²) < 4.78 is 1.95. The summed E-state index contributed by atoms with van der Waals surface area (Å²) in [4.78, 5) is 4.15. The minimum atomic E-state index is 0.447. The minimum Gasteiger partial charge on any atom is -0.333 e. The fraction of sp³-hybridized carbons (Fsp3) is 0.571. The molecule has 0 bridgehead atoms. The highest BCUT2D eigenvalue weighted by Crippen LogP contribution is 2.15. The normalized spacial score (nSPS) is 10.5. The SMILES string of the molecule is CCc1nc(Cl)c(CN)n1C. The summed E-state index contributed by atoms with van der Waals surface area (Å²) in [6, 6.07) is 0. The molecule has 1 aromatic rings. The fourth-order valence-electron chi connectivity index (χ4n) is 1.08. The van der Waals surface area contributed by atoms with Crippen molar-refractivity contribution in [2.75, 3.05) is 0 Å². The average Bonchev–Trinajstić information content (AvgIpc) is 2.26. The lowest BCUT2D eigenvalue weighted by Crippen LogP contribution is -2.05. The predicted octanol–water partition coefficient (Wildman–Crippen LogP) is 1.09. The number of rotatable bonds is 2. The first kappa shape index (κ1) is 8.56. The average molecular weight is 174 g/mol. The fourth-order valence-corrected chi connectivity index (χ4v) is 1.39. The molecule has 0 radical (unpaired) electrons. The van der Waals surface area contributed by atoms with E-state index in [-0.39, 0.29) is 0 Å². The molecule has 0 amide bonds. The van der Waals surface area contributed by atoms with Crippen molar-refractivity contribution in [3.63, 3.8) is 0 Å². The summed E-state index contributed by atoms with van der Waals surface area (Å²) >= 11 is 5.82. The van der Waals surface area contributed by atoms with Gasteiger partial charge in [-0.2, -0.15) is 0 Å². The largest absolute Gasteiger partial charge is 0.333 e. The van der Waals surface area contributed by atoms with Crippen molar-refractivity contribution in [2.45, 2.75) is 19.9 Å². The second-order valence-corrected chi connectivity index (χ2v) is 2.74. The Balaban J connectivity index is 3.14. The number of nitrogens with two attached hydrogens (primary N) is 1. The summed E-state index contributed by atoms with van der Waals surface area (Å²) in [5.74, 6) is 0.982. The molecule has 1 rings (SSSR count). The van der Waals surface area contributed by atoms with Gasteiger partial charge in [-0.05, 0) is 0 Å². The van der Waals surface area contributed by atoms with Crippen LogP contribution in [0.1, 0.15) is 18.4 Å². The molecule has 4 heteroatoms. The number of aryl methyl sites for hydroxylation is 1. The van der Waals surface area contributed by atoms with Crippen molar-refractivity contribution in [3.05, 3.63) is 16.7 Å². The van der Waals surface area contributed by atoms with Crippen LogP contribution >= 0.6 is 11.6 Å². The van der Waals surface area contributed by atoms with Crippen LogP contribution in [0.3, 0.4) is 0 Å². The van der Waals surface area contributed by atoms with Crippen molar-refractivity contribution in [3.8, 4) is 0 Å². The van der Waals surface area contributed by atoms with E-state index in [9.17, 15) is 0 Å². The quantitative estimate of drug-likeness (QED) is 0.728. The standard InChI is InChI=1S/C7H12ClN3/c1-3-6-10-7(8)5(4-9)11(6)2/h3-4,9H2,1-2H3. The lowest BCUT2D eigenvalue weighted by atomic mass is 10.4. The minimum absolute atomic E-state index is 0.447. The number of hydrogen-bond acceptors (Lipinski definition) is 2. The van der Waals surface area contributed by atoms with Gasteiger partial charge < -0.3 is 10.3 Å².